The van der Waals surface area contributed by atoms with Crippen molar-refractivity contribution >= 4 is 11.6 Å². The molecule has 2 aromatic heterocycles. The summed E-state index contributed by atoms with van der Waals surface area (Å²) in [7, 11) is 0. The van der Waals surface area contributed by atoms with Gasteiger partial charge in [-0.1, -0.05) is 12.1 Å². The number of carbonyl (C=O) groups excluding carboxylic acids is 1. The van der Waals surface area contributed by atoms with E-state index in [0.29, 0.717) is 17.5 Å². The van der Waals surface area contributed by atoms with Crippen LogP contribution in [0.15, 0.2) is 53.4 Å². The molecule has 1 aromatic carbocycles. The Balaban J connectivity index is 1.47. The van der Waals surface area contributed by atoms with Gasteiger partial charge in [0, 0.05) is 30.1 Å². The highest BCUT2D eigenvalue weighted by atomic mass is 16.3. The van der Waals surface area contributed by atoms with E-state index >= 15 is 0 Å². The van der Waals surface area contributed by atoms with E-state index in [2.05, 4.69) is 15.3 Å². The molecule has 0 spiro atoms. The average Bonchev–Trinajstić information content (AvgIpc) is 3.30. The number of pyridine rings is 1. The largest absolute Gasteiger partial charge is 0.448 e. The molecule has 3 aromatic rings. The fourth-order valence-corrected chi connectivity index (χ4v) is 2.86. The zero-order valence-electron chi connectivity index (χ0n) is 14.0. The summed E-state index contributed by atoms with van der Waals surface area (Å²) in [6, 6.07) is 9.76. The molecule has 1 aliphatic rings. The fraction of sp³-hybridized carbons (Fsp3) is 0.250. The molecule has 1 N–H and O–H groups in total. The lowest BCUT2D eigenvalue weighted by molar-refractivity contribution is 0.102. The smallest absolute Gasteiger partial charge is 0.277 e. The third-order valence-electron chi connectivity index (χ3n) is 4.40. The summed E-state index contributed by atoms with van der Waals surface area (Å²) in [5, 5.41) is 2.88. The summed E-state index contributed by atoms with van der Waals surface area (Å²) in [6.45, 7) is 2.02. The molecule has 1 saturated carbocycles. The van der Waals surface area contributed by atoms with Crippen molar-refractivity contribution in [3.63, 3.8) is 0 Å². The Hall–Kier alpha value is -2.95. The second kappa shape index (κ2) is 6.51. The molecule has 5 nitrogen and oxygen atoms in total. The van der Waals surface area contributed by atoms with Crippen molar-refractivity contribution in [2.24, 2.45) is 5.92 Å². The van der Waals surface area contributed by atoms with Gasteiger partial charge in [0.05, 0.1) is 0 Å². The standard InChI is InChI=1S/C20H19N3O2/c1-13-9-16(6-7-17(13)15-3-2-8-21-11-15)22-20(24)18-12-25-19(23-18)10-14-4-5-14/h2-3,6-9,11-12,14H,4-5,10H2,1H3,(H,22,24). The predicted molar refractivity (Wildman–Crippen MR) is 95.3 cm³/mol. The number of anilines is 1. The Kier molecular flexibility index (Phi) is 4.06. The van der Waals surface area contributed by atoms with Crippen LogP contribution in [0.3, 0.4) is 0 Å². The van der Waals surface area contributed by atoms with Gasteiger partial charge in [0.2, 0.25) is 0 Å². The van der Waals surface area contributed by atoms with Crippen LogP contribution in [-0.2, 0) is 6.42 Å². The Bertz CT molecular complexity index is 898. The highest BCUT2D eigenvalue weighted by molar-refractivity contribution is 6.02. The fourth-order valence-electron chi connectivity index (χ4n) is 2.86. The van der Waals surface area contributed by atoms with Crippen LogP contribution in [0.5, 0.6) is 0 Å². The molecule has 0 aliphatic heterocycles. The van der Waals surface area contributed by atoms with Crippen LogP contribution in [0.2, 0.25) is 0 Å². The average molecular weight is 333 g/mol. The van der Waals surface area contributed by atoms with Crippen molar-refractivity contribution in [2.45, 2.75) is 26.2 Å². The molecule has 1 amide bonds. The Morgan fingerprint density at radius 2 is 2.20 bits per heavy atom. The summed E-state index contributed by atoms with van der Waals surface area (Å²) in [5.74, 6) is 1.08. The molecule has 0 saturated heterocycles. The minimum Gasteiger partial charge on any atom is -0.448 e. The van der Waals surface area contributed by atoms with E-state index < -0.39 is 0 Å². The summed E-state index contributed by atoms with van der Waals surface area (Å²) in [6.07, 6.45) is 8.30. The van der Waals surface area contributed by atoms with E-state index in [-0.39, 0.29) is 5.91 Å². The van der Waals surface area contributed by atoms with Gasteiger partial charge in [-0.25, -0.2) is 4.98 Å². The van der Waals surface area contributed by atoms with Gasteiger partial charge in [0.25, 0.3) is 5.91 Å². The monoisotopic (exact) mass is 333 g/mol. The van der Waals surface area contributed by atoms with Gasteiger partial charge in [0.1, 0.15) is 6.26 Å². The number of rotatable bonds is 5. The molecule has 0 atom stereocenters. The predicted octanol–water partition coefficient (Wildman–Crippen LogP) is 4.25. The van der Waals surface area contributed by atoms with Crippen molar-refractivity contribution < 1.29 is 9.21 Å². The topological polar surface area (TPSA) is 68.0 Å². The lowest BCUT2D eigenvalue weighted by Crippen LogP contribution is -2.12. The summed E-state index contributed by atoms with van der Waals surface area (Å²) < 4.78 is 5.40. The van der Waals surface area contributed by atoms with E-state index in [1.54, 1.807) is 6.20 Å². The maximum absolute atomic E-state index is 12.4. The Labute approximate surface area is 146 Å². The summed E-state index contributed by atoms with van der Waals surface area (Å²) >= 11 is 0. The number of carbonyl (C=O) groups is 1. The van der Waals surface area contributed by atoms with Gasteiger partial charge < -0.3 is 9.73 Å². The highest BCUT2D eigenvalue weighted by Crippen LogP contribution is 2.32. The molecule has 5 heteroatoms. The van der Waals surface area contributed by atoms with Crippen LogP contribution in [0, 0.1) is 12.8 Å². The molecule has 25 heavy (non-hydrogen) atoms. The maximum atomic E-state index is 12.4. The van der Waals surface area contributed by atoms with E-state index in [9.17, 15) is 4.79 Å². The number of benzene rings is 1. The molecule has 0 unspecified atom stereocenters. The molecule has 0 radical (unpaired) electrons. The third-order valence-corrected chi connectivity index (χ3v) is 4.40. The first-order valence-corrected chi connectivity index (χ1v) is 8.46. The normalized spacial score (nSPS) is 13.6. The zero-order chi connectivity index (χ0) is 17.2. The summed E-state index contributed by atoms with van der Waals surface area (Å²) in [4.78, 5) is 20.8. The molecule has 0 bridgehead atoms. The second-order valence-electron chi connectivity index (χ2n) is 6.50. The minimum absolute atomic E-state index is 0.251. The van der Waals surface area contributed by atoms with Crippen molar-refractivity contribution in [1.82, 2.24) is 9.97 Å². The van der Waals surface area contributed by atoms with E-state index in [4.69, 9.17) is 4.42 Å². The Morgan fingerprint density at radius 1 is 1.32 bits per heavy atom. The molecule has 1 aliphatic carbocycles. The lowest BCUT2D eigenvalue weighted by atomic mass is 10.0. The SMILES string of the molecule is Cc1cc(NC(=O)c2coc(CC3CC3)n2)ccc1-c1cccnc1. The number of nitrogens with zero attached hydrogens (tertiary/aromatic N) is 2. The first kappa shape index (κ1) is 15.6. The van der Waals surface area contributed by atoms with Crippen molar-refractivity contribution in [3.05, 3.63) is 66.1 Å². The van der Waals surface area contributed by atoms with Gasteiger partial charge in [0.15, 0.2) is 11.6 Å². The maximum Gasteiger partial charge on any atom is 0.277 e. The van der Waals surface area contributed by atoms with E-state index in [0.717, 1.165) is 28.8 Å². The van der Waals surface area contributed by atoms with E-state index in [1.807, 2.05) is 43.5 Å². The van der Waals surface area contributed by atoms with Crippen LogP contribution in [0.4, 0.5) is 5.69 Å². The van der Waals surface area contributed by atoms with Crippen molar-refractivity contribution in [1.29, 1.82) is 0 Å². The lowest BCUT2D eigenvalue weighted by Gasteiger charge is -2.09. The van der Waals surface area contributed by atoms with Crippen LogP contribution in [0.1, 0.15) is 34.8 Å². The van der Waals surface area contributed by atoms with Gasteiger partial charge in [-0.15, -0.1) is 0 Å². The first-order chi connectivity index (χ1) is 12.2. The molecule has 4 rings (SSSR count). The van der Waals surface area contributed by atoms with Crippen molar-refractivity contribution in [3.8, 4) is 11.1 Å². The first-order valence-electron chi connectivity index (χ1n) is 8.46. The molecule has 1 fully saturated rings. The van der Waals surface area contributed by atoms with Gasteiger partial charge in [-0.3, -0.25) is 9.78 Å². The number of nitrogens with one attached hydrogen (secondary N) is 1. The number of oxazole rings is 1. The number of amides is 1. The van der Waals surface area contributed by atoms with Crippen LogP contribution in [0.25, 0.3) is 11.1 Å². The molecular weight excluding hydrogens is 314 g/mol. The number of hydrogen-bond donors (Lipinski definition) is 1. The molecular formula is C20H19N3O2. The second-order valence-corrected chi connectivity index (χ2v) is 6.50. The number of aromatic nitrogens is 2. The van der Waals surface area contributed by atoms with Gasteiger partial charge in [-0.2, -0.15) is 0 Å². The Morgan fingerprint density at radius 3 is 2.92 bits per heavy atom. The van der Waals surface area contributed by atoms with E-state index in [1.165, 1.54) is 19.1 Å². The third kappa shape index (κ3) is 3.60. The van der Waals surface area contributed by atoms with Crippen LogP contribution >= 0.6 is 0 Å². The van der Waals surface area contributed by atoms with Crippen LogP contribution in [-0.4, -0.2) is 15.9 Å². The number of hydrogen-bond acceptors (Lipinski definition) is 4. The number of aryl methyl sites for hydroxylation is 1. The zero-order valence-corrected chi connectivity index (χ0v) is 14.0. The van der Waals surface area contributed by atoms with Gasteiger partial charge >= 0.3 is 0 Å². The van der Waals surface area contributed by atoms with Crippen LogP contribution < -0.4 is 5.32 Å². The molecule has 126 valence electrons. The minimum atomic E-state index is -0.251. The van der Waals surface area contributed by atoms with Crippen molar-refractivity contribution in [2.75, 3.05) is 5.32 Å². The quantitative estimate of drug-likeness (QED) is 0.758. The summed E-state index contributed by atoms with van der Waals surface area (Å²) in [5.41, 5.74) is 4.28. The van der Waals surface area contributed by atoms with Gasteiger partial charge in [-0.05, 0) is 55.0 Å². The highest BCUT2D eigenvalue weighted by Gasteiger charge is 2.24. The molecule has 2 heterocycles.